The lowest BCUT2D eigenvalue weighted by Crippen LogP contribution is -2.20. The zero-order valence-corrected chi connectivity index (χ0v) is 10.4. The summed E-state index contributed by atoms with van der Waals surface area (Å²) in [5.74, 6) is 1.42. The standard InChI is InChI=1S/C11H18N2O2.ClH/c1-3-15-11-6-8(9(13)7-12)4-5-10(11)14-2;/h4-6,9H,3,7,12-13H2,1-2H3;1H/t9-;/m1./s1. The number of nitrogens with two attached hydrogens (primary N) is 2. The zero-order valence-electron chi connectivity index (χ0n) is 9.60. The lowest BCUT2D eigenvalue weighted by molar-refractivity contribution is 0.310. The fourth-order valence-corrected chi connectivity index (χ4v) is 1.33. The Kier molecular flexibility index (Phi) is 6.88. The molecule has 1 atom stereocenters. The van der Waals surface area contributed by atoms with Crippen LogP contribution in [-0.2, 0) is 0 Å². The van der Waals surface area contributed by atoms with Gasteiger partial charge in [0.1, 0.15) is 0 Å². The minimum absolute atomic E-state index is 0. The number of ether oxygens (including phenoxy) is 2. The molecule has 92 valence electrons. The molecule has 0 radical (unpaired) electrons. The monoisotopic (exact) mass is 246 g/mol. The quantitative estimate of drug-likeness (QED) is 0.826. The molecule has 0 aliphatic heterocycles. The van der Waals surface area contributed by atoms with Crippen molar-refractivity contribution < 1.29 is 9.47 Å². The summed E-state index contributed by atoms with van der Waals surface area (Å²) < 4.78 is 10.6. The first-order valence-corrected chi connectivity index (χ1v) is 4.99. The second-order valence-electron chi connectivity index (χ2n) is 3.19. The van der Waals surface area contributed by atoms with Crippen LogP contribution in [0, 0.1) is 0 Å². The van der Waals surface area contributed by atoms with Crippen LogP contribution in [0.2, 0.25) is 0 Å². The van der Waals surface area contributed by atoms with E-state index in [2.05, 4.69) is 0 Å². The highest BCUT2D eigenvalue weighted by atomic mass is 35.5. The fourth-order valence-electron chi connectivity index (χ4n) is 1.33. The Bertz CT molecular complexity index is 321. The van der Waals surface area contributed by atoms with Crippen LogP contribution in [0.25, 0.3) is 0 Å². The first-order chi connectivity index (χ1) is 7.22. The molecule has 0 amide bonds. The molecule has 0 aliphatic carbocycles. The van der Waals surface area contributed by atoms with Gasteiger partial charge in [-0.1, -0.05) is 6.07 Å². The summed E-state index contributed by atoms with van der Waals surface area (Å²) in [4.78, 5) is 0. The van der Waals surface area contributed by atoms with Crippen molar-refractivity contribution in [2.24, 2.45) is 11.5 Å². The summed E-state index contributed by atoms with van der Waals surface area (Å²) in [7, 11) is 1.61. The van der Waals surface area contributed by atoms with Crippen LogP contribution in [0.5, 0.6) is 11.5 Å². The fraction of sp³-hybridized carbons (Fsp3) is 0.455. The lowest BCUT2D eigenvalue weighted by atomic mass is 10.1. The van der Waals surface area contributed by atoms with E-state index in [1.165, 1.54) is 0 Å². The van der Waals surface area contributed by atoms with Gasteiger partial charge in [-0.15, -0.1) is 12.4 Å². The maximum Gasteiger partial charge on any atom is 0.161 e. The average Bonchev–Trinajstić information content (AvgIpc) is 2.28. The smallest absolute Gasteiger partial charge is 0.161 e. The molecule has 0 saturated carbocycles. The summed E-state index contributed by atoms with van der Waals surface area (Å²) in [5.41, 5.74) is 12.3. The van der Waals surface area contributed by atoms with Gasteiger partial charge in [-0.05, 0) is 24.6 Å². The molecule has 1 rings (SSSR count). The van der Waals surface area contributed by atoms with Crippen LogP contribution in [0.15, 0.2) is 18.2 Å². The van der Waals surface area contributed by atoms with Crippen molar-refractivity contribution in [3.05, 3.63) is 23.8 Å². The summed E-state index contributed by atoms with van der Waals surface area (Å²) in [6, 6.07) is 5.46. The third-order valence-corrected chi connectivity index (χ3v) is 2.17. The molecule has 0 unspecified atom stereocenters. The third-order valence-electron chi connectivity index (χ3n) is 2.17. The highest BCUT2D eigenvalue weighted by Gasteiger charge is 2.09. The maximum atomic E-state index is 5.83. The van der Waals surface area contributed by atoms with E-state index in [0.29, 0.717) is 24.7 Å². The molecule has 0 aromatic heterocycles. The van der Waals surface area contributed by atoms with E-state index in [1.807, 2.05) is 25.1 Å². The number of hydrogen-bond donors (Lipinski definition) is 2. The summed E-state index contributed by atoms with van der Waals surface area (Å²) in [5, 5.41) is 0. The first-order valence-electron chi connectivity index (χ1n) is 4.99. The Labute approximate surface area is 102 Å². The number of halogens is 1. The topological polar surface area (TPSA) is 70.5 Å². The molecule has 0 heterocycles. The zero-order chi connectivity index (χ0) is 11.3. The SMILES string of the molecule is CCOc1cc([C@H](N)CN)ccc1OC.Cl. The summed E-state index contributed by atoms with van der Waals surface area (Å²) in [6.45, 7) is 2.94. The number of benzene rings is 1. The first kappa shape index (κ1) is 15.0. The van der Waals surface area contributed by atoms with Crippen molar-refractivity contribution in [2.75, 3.05) is 20.3 Å². The van der Waals surface area contributed by atoms with Gasteiger partial charge >= 0.3 is 0 Å². The Morgan fingerprint density at radius 2 is 2.00 bits per heavy atom. The number of hydrogen-bond acceptors (Lipinski definition) is 4. The summed E-state index contributed by atoms with van der Waals surface area (Å²) >= 11 is 0. The molecule has 5 heteroatoms. The van der Waals surface area contributed by atoms with Gasteiger partial charge in [-0.3, -0.25) is 0 Å². The highest BCUT2D eigenvalue weighted by molar-refractivity contribution is 5.85. The predicted octanol–water partition coefficient (Wildman–Crippen LogP) is 1.47. The molecule has 4 N–H and O–H groups in total. The maximum absolute atomic E-state index is 5.83. The van der Waals surface area contributed by atoms with Crippen molar-refractivity contribution in [1.29, 1.82) is 0 Å². The van der Waals surface area contributed by atoms with Gasteiger partial charge in [-0.25, -0.2) is 0 Å². The van der Waals surface area contributed by atoms with Crippen LogP contribution >= 0.6 is 12.4 Å². The number of methoxy groups -OCH3 is 1. The molecule has 1 aromatic rings. The van der Waals surface area contributed by atoms with Crippen LogP contribution in [0.4, 0.5) is 0 Å². The molecule has 1 aromatic carbocycles. The Balaban J connectivity index is 0.00000225. The number of rotatable bonds is 5. The average molecular weight is 247 g/mol. The van der Waals surface area contributed by atoms with Gasteiger partial charge in [0.05, 0.1) is 13.7 Å². The van der Waals surface area contributed by atoms with Crippen molar-refractivity contribution in [2.45, 2.75) is 13.0 Å². The second-order valence-corrected chi connectivity index (χ2v) is 3.19. The lowest BCUT2D eigenvalue weighted by Gasteiger charge is -2.14. The van der Waals surface area contributed by atoms with Crippen molar-refractivity contribution in [3.8, 4) is 11.5 Å². The van der Waals surface area contributed by atoms with E-state index < -0.39 is 0 Å². The molecule has 0 saturated heterocycles. The molecule has 0 aliphatic rings. The van der Waals surface area contributed by atoms with Crippen LogP contribution in [-0.4, -0.2) is 20.3 Å². The van der Waals surface area contributed by atoms with E-state index in [9.17, 15) is 0 Å². The van der Waals surface area contributed by atoms with Crippen LogP contribution in [0.3, 0.4) is 0 Å². The molecule has 4 nitrogen and oxygen atoms in total. The Morgan fingerprint density at radius 3 is 2.50 bits per heavy atom. The van der Waals surface area contributed by atoms with Gasteiger partial charge in [-0.2, -0.15) is 0 Å². The van der Waals surface area contributed by atoms with E-state index in [4.69, 9.17) is 20.9 Å². The normalized spacial score (nSPS) is 11.5. The van der Waals surface area contributed by atoms with E-state index in [-0.39, 0.29) is 18.4 Å². The van der Waals surface area contributed by atoms with Crippen molar-refractivity contribution >= 4 is 12.4 Å². The summed E-state index contributed by atoms with van der Waals surface area (Å²) in [6.07, 6.45) is 0. The van der Waals surface area contributed by atoms with E-state index >= 15 is 0 Å². The molecule has 0 spiro atoms. The molecular formula is C11H19ClN2O2. The van der Waals surface area contributed by atoms with Gasteiger partial charge < -0.3 is 20.9 Å². The third kappa shape index (κ3) is 3.56. The largest absolute Gasteiger partial charge is 0.493 e. The Hall–Kier alpha value is -0.970. The van der Waals surface area contributed by atoms with E-state index in [0.717, 1.165) is 5.56 Å². The van der Waals surface area contributed by atoms with Gasteiger partial charge in [0, 0.05) is 12.6 Å². The Morgan fingerprint density at radius 1 is 1.31 bits per heavy atom. The van der Waals surface area contributed by atoms with Crippen molar-refractivity contribution in [3.63, 3.8) is 0 Å². The van der Waals surface area contributed by atoms with Gasteiger partial charge in [0.2, 0.25) is 0 Å². The van der Waals surface area contributed by atoms with Gasteiger partial charge in [0.15, 0.2) is 11.5 Å². The highest BCUT2D eigenvalue weighted by Crippen LogP contribution is 2.29. The molecule has 16 heavy (non-hydrogen) atoms. The minimum atomic E-state index is -0.157. The van der Waals surface area contributed by atoms with Crippen LogP contribution < -0.4 is 20.9 Å². The minimum Gasteiger partial charge on any atom is -0.493 e. The molecular weight excluding hydrogens is 228 g/mol. The second kappa shape index (κ2) is 7.33. The molecule has 0 fully saturated rings. The predicted molar refractivity (Wildman–Crippen MR) is 67.4 cm³/mol. The van der Waals surface area contributed by atoms with Gasteiger partial charge in [0.25, 0.3) is 0 Å². The van der Waals surface area contributed by atoms with Crippen molar-refractivity contribution in [1.82, 2.24) is 0 Å². The van der Waals surface area contributed by atoms with E-state index in [1.54, 1.807) is 7.11 Å². The van der Waals surface area contributed by atoms with Crippen LogP contribution in [0.1, 0.15) is 18.5 Å². The molecule has 0 bridgehead atoms.